The van der Waals surface area contributed by atoms with E-state index >= 15 is 0 Å². The van der Waals surface area contributed by atoms with Gasteiger partial charge >= 0.3 is 0 Å². The number of hydrogen-bond acceptors (Lipinski definition) is 2. The van der Waals surface area contributed by atoms with Gasteiger partial charge in [0.05, 0.1) is 6.33 Å². The Morgan fingerprint density at radius 1 is 1.38 bits per heavy atom. The highest BCUT2D eigenvalue weighted by Gasteiger charge is 2.11. The topological polar surface area (TPSA) is 57.8 Å². The molecule has 1 aromatic carbocycles. The summed E-state index contributed by atoms with van der Waals surface area (Å²) in [6.45, 7) is 1.81. The van der Waals surface area contributed by atoms with Crippen LogP contribution in [-0.4, -0.2) is 15.9 Å². The molecule has 1 heterocycles. The van der Waals surface area contributed by atoms with Crippen molar-refractivity contribution in [3.05, 3.63) is 46.5 Å². The number of nitrogens with one attached hydrogen (secondary N) is 2. The molecule has 5 heteroatoms. The minimum Gasteiger partial charge on any atom is -0.348 e. The highest BCUT2D eigenvalue weighted by Crippen LogP contribution is 2.15. The molecule has 1 aromatic heterocycles. The van der Waals surface area contributed by atoms with Crippen molar-refractivity contribution in [3.63, 3.8) is 0 Å². The number of amides is 1. The van der Waals surface area contributed by atoms with E-state index in [1.54, 1.807) is 0 Å². The number of rotatable bonds is 2. The molecule has 0 aliphatic carbocycles. The number of hydrogen-bond donors (Lipinski definition) is 2. The first-order valence-corrected chi connectivity index (χ1v) is 5.53. The molecule has 0 atom stereocenters. The number of aromatic nitrogens is 2. The minimum atomic E-state index is -0.207. The van der Waals surface area contributed by atoms with Crippen molar-refractivity contribution >= 4 is 27.5 Å². The van der Waals surface area contributed by atoms with Crippen molar-refractivity contribution in [1.82, 2.24) is 9.97 Å². The Morgan fingerprint density at radius 2 is 2.06 bits per heavy atom. The molecule has 0 saturated carbocycles. The predicted octanol–water partition coefficient (Wildman–Crippen LogP) is 2.73. The van der Waals surface area contributed by atoms with E-state index in [2.05, 4.69) is 31.2 Å². The molecule has 82 valence electrons. The standard InChI is InChI=1S/C11H10BrN3O/c1-7-10(14-6-13-7)11(16)15-9-4-2-8(12)3-5-9/h2-6H,1H3,(H,13,14)(H,15,16). The summed E-state index contributed by atoms with van der Waals surface area (Å²) in [5, 5.41) is 2.77. The van der Waals surface area contributed by atoms with Crippen LogP contribution in [0.5, 0.6) is 0 Å². The van der Waals surface area contributed by atoms with Crippen molar-refractivity contribution in [2.75, 3.05) is 5.32 Å². The minimum absolute atomic E-state index is 0.207. The molecule has 0 aliphatic heterocycles. The van der Waals surface area contributed by atoms with Crippen LogP contribution in [0.1, 0.15) is 16.2 Å². The van der Waals surface area contributed by atoms with Gasteiger partial charge in [-0.2, -0.15) is 0 Å². The second kappa shape index (κ2) is 4.49. The second-order valence-electron chi connectivity index (χ2n) is 3.34. The Morgan fingerprint density at radius 3 is 2.62 bits per heavy atom. The molecule has 16 heavy (non-hydrogen) atoms. The van der Waals surface area contributed by atoms with Gasteiger partial charge in [0, 0.05) is 15.9 Å². The van der Waals surface area contributed by atoms with Gasteiger partial charge in [0.15, 0.2) is 0 Å². The van der Waals surface area contributed by atoms with E-state index in [1.165, 1.54) is 6.33 Å². The molecule has 0 saturated heterocycles. The van der Waals surface area contributed by atoms with E-state index < -0.39 is 0 Å². The van der Waals surface area contributed by atoms with Gasteiger partial charge in [-0.1, -0.05) is 15.9 Å². The van der Waals surface area contributed by atoms with Crippen molar-refractivity contribution in [2.24, 2.45) is 0 Å². The molecule has 0 bridgehead atoms. The lowest BCUT2D eigenvalue weighted by atomic mass is 10.3. The predicted molar refractivity (Wildman–Crippen MR) is 65.4 cm³/mol. The molecule has 0 aliphatic rings. The van der Waals surface area contributed by atoms with E-state index in [4.69, 9.17) is 0 Å². The number of imidazole rings is 1. The Hall–Kier alpha value is -1.62. The van der Waals surface area contributed by atoms with E-state index in [9.17, 15) is 4.79 Å². The van der Waals surface area contributed by atoms with E-state index in [0.717, 1.165) is 15.9 Å². The first-order chi connectivity index (χ1) is 7.66. The highest BCUT2D eigenvalue weighted by atomic mass is 79.9. The number of aryl methyl sites for hydroxylation is 1. The second-order valence-corrected chi connectivity index (χ2v) is 4.25. The molecule has 0 spiro atoms. The molecule has 2 aromatic rings. The molecule has 0 radical (unpaired) electrons. The summed E-state index contributed by atoms with van der Waals surface area (Å²) in [5.74, 6) is -0.207. The smallest absolute Gasteiger partial charge is 0.276 e. The van der Waals surface area contributed by atoms with Crippen LogP contribution in [0.15, 0.2) is 35.1 Å². The van der Waals surface area contributed by atoms with Crippen LogP contribution in [0.3, 0.4) is 0 Å². The average molecular weight is 280 g/mol. The first kappa shape index (κ1) is 10.9. The van der Waals surface area contributed by atoms with Gasteiger partial charge < -0.3 is 10.3 Å². The zero-order valence-electron chi connectivity index (χ0n) is 8.62. The summed E-state index contributed by atoms with van der Waals surface area (Å²) in [6, 6.07) is 7.38. The van der Waals surface area contributed by atoms with Crippen LogP contribution >= 0.6 is 15.9 Å². The fourth-order valence-corrected chi connectivity index (χ4v) is 1.58. The normalized spacial score (nSPS) is 10.1. The lowest BCUT2D eigenvalue weighted by Crippen LogP contribution is -2.13. The zero-order chi connectivity index (χ0) is 11.5. The fraction of sp³-hybridized carbons (Fsp3) is 0.0909. The zero-order valence-corrected chi connectivity index (χ0v) is 10.2. The maximum absolute atomic E-state index is 11.8. The van der Waals surface area contributed by atoms with E-state index in [-0.39, 0.29) is 5.91 Å². The van der Waals surface area contributed by atoms with Crippen molar-refractivity contribution < 1.29 is 4.79 Å². The van der Waals surface area contributed by atoms with Crippen molar-refractivity contribution in [1.29, 1.82) is 0 Å². The maximum Gasteiger partial charge on any atom is 0.276 e. The van der Waals surface area contributed by atoms with Gasteiger partial charge in [-0.05, 0) is 31.2 Å². The van der Waals surface area contributed by atoms with Gasteiger partial charge in [0.25, 0.3) is 5.91 Å². The van der Waals surface area contributed by atoms with Gasteiger partial charge in [-0.25, -0.2) is 4.98 Å². The summed E-state index contributed by atoms with van der Waals surface area (Å²) in [5.41, 5.74) is 1.92. The third-order valence-electron chi connectivity index (χ3n) is 2.15. The van der Waals surface area contributed by atoms with Crippen LogP contribution < -0.4 is 5.32 Å². The van der Waals surface area contributed by atoms with E-state index in [0.29, 0.717) is 5.69 Å². The SMILES string of the molecule is Cc1[nH]cnc1C(=O)Nc1ccc(Br)cc1. The Balaban J connectivity index is 2.14. The Labute approximate surface area is 101 Å². The Bertz CT molecular complexity index is 504. The summed E-state index contributed by atoms with van der Waals surface area (Å²) >= 11 is 3.33. The van der Waals surface area contributed by atoms with Gasteiger partial charge in [-0.15, -0.1) is 0 Å². The number of nitrogens with zero attached hydrogens (tertiary/aromatic N) is 1. The average Bonchev–Trinajstić information content (AvgIpc) is 2.68. The molecule has 2 rings (SSSR count). The van der Waals surface area contributed by atoms with Crippen LogP contribution in [0.2, 0.25) is 0 Å². The van der Waals surface area contributed by atoms with Gasteiger partial charge in [-0.3, -0.25) is 4.79 Å². The van der Waals surface area contributed by atoms with Gasteiger partial charge in [0.1, 0.15) is 5.69 Å². The number of carbonyl (C=O) groups excluding carboxylic acids is 1. The monoisotopic (exact) mass is 279 g/mol. The summed E-state index contributed by atoms with van der Waals surface area (Å²) in [6.07, 6.45) is 1.51. The number of benzene rings is 1. The van der Waals surface area contributed by atoms with Crippen LogP contribution in [0.4, 0.5) is 5.69 Å². The van der Waals surface area contributed by atoms with Crippen LogP contribution in [-0.2, 0) is 0 Å². The lowest BCUT2D eigenvalue weighted by molar-refractivity contribution is 0.102. The highest BCUT2D eigenvalue weighted by molar-refractivity contribution is 9.10. The third-order valence-corrected chi connectivity index (χ3v) is 2.68. The maximum atomic E-state index is 11.8. The molecule has 4 nitrogen and oxygen atoms in total. The number of H-pyrrole nitrogens is 1. The van der Waals surface area contributed by atoms with Crippen molar-refractivity contribution in [2.45, 2.75) is 6.92 Å². The third kappa shape index (κ3) is 2.30. The summed E-state index contributed by atoms with van der Waals surface area (Å²) in [4.78, 5) is 18.6. The number of anilines is 1. The van der Waals surface area contributed by atoms with Gasteiger partial charge in [0.2, 0.25) is 0 Å². The quantitative estimate of drug-likeness (QED) is 0.888. The fourth-order valence-electron chi connectivity index (χ4n) is 1.31. The largest absolute Gasteiger partial charge is 0.348 e. The van der Waals surface area contributed by atoms with Crippen molar-refractivity contribution in [3.8, 4) is 0 Å². The number of carbonyl (C=O) groups is 1. The number of aromatic amines is 1. The molecule has 0 fully saturated rings. The number of halogens is 1. The lowest BCUT2D eigenvalue weighted by Gasteiger charge is -2.03. The molecular weight excluding hydrogens is 270 g/mol. The van der Waals surface area contributed by atoms with E-state index in [1.807, 2.05) is 31.2 Å². The molecule has 2 N–H and O–H groups in total. The molecule has 1 amide bonds. The molecule has 0 unspecified atom stereocenters. The van der Waals surface area contributed by atoms with Crippen LogP contribution in [0, 0.1) is 6.92 Å². The molecular formula is C11H10BrN3O. The Kier molecular flexibility index (Phi) is 3.05. The summed E-state index contributed by atoms with van der Waals surface area (Å²) < 4.78 is 0.974. The summed E-state index contributed by atoms with van der Waals surface area (Å²) in [7, 11) is 0. The van der Waals surface area contributed by atoms with Crippen LogP contribution in [0.25, 0.3) is 0 Å². The first-order valence-electron chi connectivity index (χ1n) is 4.73.